The van der Waals surface area contributed by atoms with Gasteiger partial charge in [-0.2, -0.15) is 0 Å². The molecule has 0 aliphatic heterocycles. The van der Waals surface area contributed by atoms with Crippen molar-refractivity contribution in [2.24, 2.45) is 0 Å². The van der Waals surface area contributed by atoms with Crippen molar-refractivity contribution in [2.45, 2.75) is 71.6 Å². The summed E-state index contributed by atoms with van der Waals surface area (Å²) in [7, 11) is -1.02. The second kappa shape index (κ2) is 6.13. The van der Waals surface area contributed by atoms with Crippen molar-refractivity contribution in [3.05, 3.63) is 28.8 Å². The van der Waals surface area contributed by atoms with Crippen LogP contribution in [-0.2, 0) is 6.42 Å². The lowest BCUT2D eigenvalue weighted by Gasteiger charge is -2.21. The lowest BCUT2D eigenvalue weighted by Crippen LogP contribution is -2.20. The minimum Gasteiger partial charge on any atom is -0.508 e. The Hall–Kier alpha value is -0.763. The summed E-state index contributed by atoms with van der Waals surface area (Å²) in [5.74, 6) is 1.33. The van der Waals surface area contributed by atoms with Crippen LogP contribution in [0.25, 0.3) is 0 Å². The fourth-order valence-electron chi connectivity index (χ4n) is 2.39. The van der Waals surface area contributed by atoms with Crippen molar-refractivity contribution in [2.75, 3.05) is 0 Å². The normalized spacial score (nSPS) is 12.5. The van der Waals surface area contributed by atoms with Crippen LogP contribution >= 0.6 is 0 Å². The van der Waals surface area contributed by atoms with Crippen molar-refractivity contribution in [3.63, 3.8) is 0 Å². The zero-order valence-corrected chi connectivity index (χ0v) is 14.7. The van der Waals surface area contributed by atoms with Gasteiger partial charge in [-0.15, -0.1) is 0 Å². The van der Waals surface area contributed by atoms with E-state index in [0.717, 1.165) is 12.0 Å². The second-order valence-corrected chi connectivity index (χ2v) is 13.1. The molecule has 108 valence electrons. The molecule has 2 heteroatoms. The third-order valence-corrected chi connectivity index (χ3v) is 5.43. The summed E-state index contributed by atoms with van der Waals surface area (Å²) in [6.45, 7) is 16.0. The highest BCUT2D eigenvalue weighted by Gasteiger charge is 2.17. The van der Waals surface area contributed by atoms with Gasteiger partial charge in [0.05, 0.1) is 0 Å². The highest BCUT2D eigenvalue weighted by Crippen LogP contribution is 2.33. The standard InChI is InChI=1S/C17H30OSi/c1-12(2)15-11-17(18)16(13(3)4)10-14(15)8-9-19(5,6)7/h10-13,18H,8-9H2,1-7H3. The topological polar surface area (TPSA) is 20.2 Å². The minimum absolute atomic E-state index is 0.381. The van der Waals surface area contributed by atoms with Crippen LogP contribution in [0.15, 0.2) is 12.1 Å². The number of hydrogen-bond donors (Lipinski definition) is 1. The van der Waals surface area contributed by atoms with Crippen molar-refractivity contribution in [1.29, 1.82) is 0 Å². The van der Waals surface area contributed by atoms with E-state index < -0.39 is 8.07 Å². The molecule has 0 aromatic heterocycles. The van der Waals surface area contributed by atoms with Crippen LogP contribution in [-0.4, -0.2) is 13.2 Å². The summed E-state index contributed by atoms with van der Waals surface area (Å²) < 4.78 is 0. The Morgan fingerprint density at radius 2 is 1.47 bits per heavy atom. The van der Waals surface area contributed by atoms with Crippen LogP contribution in [0, 0.1) is 0 Å². The molecule has 0 saturated heterocycles. The molecule has 0 aliphatic carbocycles. The van der Waals surface area contributed by atoms with E-state index in [1.165, 1.54) is 17.2 Å². The van der Waals surface area contributed by atoms with Crippen LogP contribution in [0.3, 0.4) is 0 Å². The van der Waals surface area contributed by atoms with Crippen molar-refractivity contribution < 1.29 is 5.11 Å². The summed E-state index contributed by atoms with van der Waals surface area (Å²) in [5.41, 5.74) is 3.86. The highest BCUT2D eigenvalue weighted by molar-refractivity contribution is 6.76. The number of benzene rings is 1. The fourth-order valence-corrected chi connectivity index (χ4v) is 3.41. The van der Waals surface area contributed by atoms with Gasteiger partial charge in [0, 0.05) is 8.07 Å². The van der Waals surface area contributed by atoms with Crippen LogP contribution in [0.1, 0.15) is 56.2 Å². The van der Waals surface area contributed by atoms with E-state index >= 15 is 0 Å². The predicted octanol–water partition coefficient (Wildman–Crippen LogP) is 5.52. The lowest BCUT2D eigenvalue weighted by molar-refractivity contribution is 0.463. The summed E-state index contributed by atoms with van der Waals surface area (Å²) >= 11 is 0. The molecule has 0 fully saturated rings. The molecule has 0 spiro atoms. The van der Waals surface area contributed by atoms with Gasteiger partial charge in [0.25, 0.3) is 0 Å². The molecule has 0 bridgehead atoms. The first-order valence-electron chi connectivity index (χ1n) is 7.47. The van der Waals surface area contributed by atoms with Crippen LogP contribution < -0.4 is 0 Å². The molecule has 1 aromatic carbocycles. The molecule has 0 saturated carbocycles. The molecule has 0 unspecified atom stereocenters. The first-order valence-corrected chi connectivity index (χ1v) is 11.2. The van der Waals surface area contributed by atoms with Gasteiger partial charge in [-0.05, 0) is 41.0 Å². The molecule has 1 aromatic rings. The molecule has 19 heavy (non-hydrogen) atoms. The van der Waals surface area contributed by atoms with E-state index in [1.54, 1.807) is 0 Å². The third-order valence-electron chi connectivity index (χ3n) is 3.68. The van der Waals surface area contributed by atoms with Crippen molar-refractivity contribution in [1.82, 2.24) is 0 Å². The second-order valence-electron chi connectivity index (χ2n) is 7.48. The number of aryl methyl sites for hydroxylation is 1. The number of phenolic OH excluding ortho intramolecular Hbond substituents is 1. The van der Waals surface area contributed by atoms with E-state index in [2.05, 4.69) is 53.4 Å². The van der Waals surface area contributed by atoms with Gasteiger partial charge >= 0.3 is 0 Å². The number of phenols is 1. The first kappa shape index (κ1) is 16.3. The molecule has 0 amide bonds. The first-order chi connectivity index (χ1) is 8.61. The van der Waals surface area contributed by atoms with Crippen molar-refractivity contribution in [3.8, 4) is 5.75 Å². The van der Waals surface area contributed by atoms with E-state index in [1.807, 2.05) is 6.07 Å². The van der Waals surface area contributed by atoms with E-state index in [9.17, 15) is 5.11 Å². The molecule has 0 heterocycles. The molecule has 0 atom stereocenters. The zero-order valence-electron chi connectivity index (χ0n) is 13.7. The van der Waals surface area contributed by atoms with Gasteiger partial charge in [-0.25, -0.2) is 0 Å². The van der Waals surface area contributed by atoms with Gasteiger partial charge < -0.3 is 5.11 Å². The summed E-state index contributed by atoms with van der Waals surface area (Å²) in [6, 6.07) is 5.56. The van der Waals surface area contributed by atoms with Gasteiger partial charge in [0.2, 0.25) is 0 Å². The molecule has 0 radical (unpaired) electrons. The molecular weight excluding hydrogens is 248 g/mol. The summed E-state index contributed by atoms with van der Waals surface area (Å²) in [5, 5.41) is 10.2. The Balaban J connectivity index is 3.14. The Labute approximate surface area is 120 Å². The van der Waals surface area contributed by atoms with Crippen molar-refractivity contribution >= 4 is 8.07 Å². The SMILES string of the molecule is CC(C)c1cc(CC[Si](C)(C)C)c(C(C)C)cc1O. The fraction of sp³-hybridized carbons (Fsp3) is 0.647. The molecule has 1 N–H and O–H groups in total. The molecule has 1 nitrogen and oxygen atoms in total. The Morgan fingerprint density at radius 1 is 0.947 bits per heavy atom. The Kier molecular flexibility index (Phi) is 5.25. The quantitative estimate of drug-likeness (QED) is 0.703. The maximum Gasteiger partial charge on any atom is 0.119 e. The van der Waals surface area contributed by atoms with E-state index in [0.29, 0.717) is 17.6 Å². The smallest absolute Gasteiger partial charge is 0.119 e. The van der Waals surface area contributed by atoms with E-state index in [-0.39, 0.29) is 0 Å². The number of aromatic hydroxyl groups is 1. The van der Waals surface area contributed by atoms with E-state index in [4.69, 9.17) is 0 Å². The van der Waals surface area contributed by atoms with Gasteiger partial charge in [0.15, 0.2) is 0 Å². The van der Waals surface area contributed by atoms with Gasteiger partial charge in [-0.3, -0.25) is 0 Å². The number of hydrogen-bond acceptors (Lipinski definition) is 1. The summed E-state index contributed by atoms with van der Waals surface area (Å²) in [6.07, 6.45) is 1.16. The van der Waals surface area contributed by atoms with Crippen LogP contribution in [0.4, 0.5) is 0 Å². The maximum atomic E-state index is 10.2. The van der Waals surface area contributed by atoms with Gasteiger partial charge in [-0.1, -0.05) is 59.4 Å². The zero-order chi connectivity index (χ0) is 14.8. The maximum absolute atomic E-state index is 10.2. The van der Waals surface area contributed by atoms with Crippen LogP contribution in [0.5, 0.6) is 5.75 Å². The minimum atomic E-state index is -1.02. The molecular formula is C17H30OSi. The lowest BCUT2D eigenvalue weighted by atomic mass is 9.90. The molecule has 0 aliphatic rings. The summed E-state index contributed by atoms with van der Waals surface area (Å²) in [4.78, 5) is 0. The monoisotopic (exact) mass is 278 g/mol. The van der Waals surface area contributed by atoms with Crippen LogP contribution in [0.2, 0.25) is 25.7 Å². The Bertz CT molecular complexity index is 428. The average molecular weight is 279 g/mol. The van der Waals surface area contributed by atoms with Gasteiger partial charge in [0.1, 0.15) is 5.75 Å². The predicted molar refractivity (Wildman–Crippen MR) is 88.1 cm³/mol. The third kappa shape index (κ3) is 4.68. The molecule has 1 rings (SSSR count). The average Bonchev–Trinajstić information content (AvgIpc) is 2.25. The number of rotatable bonds is 5. The highest BCUT2D eigenvalue weighted by atomic mass is 28.3. The largest absolute Gasteiger partial charge is 0.508 e. The Morgan fingerprint density at radius 3 is 1.89 bits per heavy atom.